The van der Waals surface area contributed by atoms with Gasteiger partial charge in [-0.05, 0) is 39.3 Å². The van der Waals surface area contributed by atoms with Gasteiger partial charge in [-0.3, -0.25) is 0 Å². The zero-order valence-corrected chi connectivity index (χ0v) is 8.81. The van der Waals surface area contributed by atoms with Crippen LogP contribution in [-0.2, 0) is 0 Å². The molecule has 0 radical (unpaired) electrons. The molecule has 1 atom stereocenters. The quantitative estimate of drug-likeness (QED) is 0.595. The lowest BCUT2D eigenvalue weighted by Gasteiger charge is -2.37. The van der Waals surface area contributed by atoms with Crippen LogP contribution in [0.2, 0.25) is 0 Å². The van der Waals surface area contributed by atoms with Crippen LogP contribution in [0, 0.1) is 0 Å². The largest absolute Gasteiger partial charge is 0.338 e. The first-order valence-electron chi connectivity index (χ1n) is 5.45. The van der Waals surface area contributed by atoms with Crippen LogP contribution < -0.4 is 10.6 Å². The van der Waals surface area contributed by atoms with E-state index in [4.69, 9.17) is 0 Å². The van der Waals surface area contributed by atoms with Crippen molar-refractivity contribution in [2.45, 2.75) is 31.2 Å². The van der Waals surface area contributed by atoms with E-state index in [2.05, 4.69) is 22.6 Å². The van der Waals surface area contributed by atoms with Gasteiger partial charge >= 0.3 is 6.03 Å². The minimum absolute atomic E-state index is 0.0146. The molecule has 0 aromatic rings. The second-order valence-corrected chi connectivity index (χ2v) is 4.57. The van der Waals surface area contributed by atoms with Crippen molar-refractivity contribution in [1.82, 2.24) is 15.5 Å². The second kappa shape index (κ2) is 3.77. The third-order valence-corrected chi connectivity index (χ3v) is 3.44. The van der Waals surface area contributed by atoms with Crippen molar-refractivity contribution in [3.05, 3.63) is 0 Å². The number of carbonyl (C=O) groups is 1. The highest BCUT2D eigenvalue weighted by Crippen LogP contribution is 2.26. The van der Waals surface area contributed by atoms with Crippen LogP contribution in [0.15, 0.2) is 0 Å². The Morgan fingerprint density at radius 3 is 2.93 bits per heavy atom. The number of amides is 2. The van der Waals surface area contributed by atoms with Gasteiger partial charge in [0.1, 0.15) is 0 Å². The molecule has 2 fully saturated rings. The van der Waals surface area contributed by atoms with E-state index in [1.54, 1.807) is 0 Å². The molecule has 0 aromatic carbocycles. The standard InChI is InChI=1S/C10H19N3O/c1-13-7-2-3-10(5-8-13)4-6-11-9(14)12-10/h2-8H2,1H3,(H2,11,12,14). The SMILES string of the molecule is CN1CCCC2(CCNC(=O)N2)CC1. The lowest BCUT2D eigenvalue weighted by Crippen LogP contribution is -2.58. The van der Waals surface area contributed by atoms with Gasteiger partial charge < -0.3 is 15.5 Å². The summed E-state index contributed by atoms with van der Waals surface area (Å²) in [4.78, 5) is 13.6. The first kappa shape index (κ1) is 9.77. The summed E-state index contributed by atoms with van der Waals surface area (Å²) >= 11 is 0. The van der Waals surface area contributed by atoms with E-state index in [0.29, 0.717) is 0 Å². The molecule has 2 aliphatic rings. The molecule has 4 heteroatoms. The first-order valence-corrected chi connectivity index (χ1v) is 5.45. The Morgan fingerprint density at radius 2 is 2.14 bits per heavy atom. The molecule has 1 unspecified atom stereocenters. The molecule has 4 nitrogen and oxygen atoms in total. The Kier molecular flexibility index (Phi) is 2.63. The van der Waals surface area contributed by atoms with Crippen LogP contribution in [0.3, 0.4) is 0 Å². The highest BCUT2D eigenvalue weighted by molar-refractivity contribution is 5.75. The fraction of sp³-hybridized carbons (Fsp3) is 0.900. The predicted molar refractivity (Wildman–Crippen MR) is 55.2 cm³/mol. The average Bonchev–Trinajstić information content (AvgIpc) is 2.30. The van der Waals surface area contributed by atoms with Crippen LogP contribution in [0.1, 0.15) is 25.7 Å². The van der Waals surface area contributed by atoms with Crippen molar-refractivity contribution in [3.8, 4) is 0 Å². The monoisotopic (exact) mass is 197 g/mol. The summed E-state index contributed by atoms with van der Waals surface area (Å²) in [7, 11) is 2.15. The van der Waals surface area contributed by atoms with Crippen molar-refractivity contribution < 1.29 is 4.79 Å². The minimum atomic E-state index is 0.0146. The van der Waals surface area contributed by atoms with Crippen molar-refractivity contribution in [2.24, 2.45) is 0 Å². The van der Waals surface area contributed by atoms with Gasteiger partial charge in [0, 0.05) is 18.6 Å². The van der Waals surface area contributed by atoms with Gasteiger partial charge in [0.15, 0.2) is 0 Å². The maximum absolute atomic E-state index is 11.3. The van der Waals surface area contributed by atoms with E-state index in [1.807, 2.05) is 0 Å². The molecule has 0 aromatic heterocycles. The summed E-state index contributed by atoms with van der Waals surface area (Å²) in [6, 6.07) is 0.0146. The van der Waals surface area contributed by atoms with Gasteiger partial charge in [0.2, 0.25) is 0 Å². The first-order chi connectivity index (χ1) is 6.70. The van der Waals surface area contributed by atoms with Crippen LogP contribution in [0.5, 0.6) is 0 Å². The Labute approximate surface area is 85.0 Å². The van der Waals surface area contributed by atoms with Gasteiger partial charge in [0.05, 0.1) is 0 Å². The van der Waals surface area contributed by atoms with Crippen LogP contribution in [-0.4, -0.2) is 43.2 Å². The van der Waals surface area contributed by atoms with Gasteiger partial charge in [0.25, 0.3) is 0 Å². The summed E-state index contributed by atoms with van der Waals surface area (Å²) in [6.45, 7) is 3.08. The van der Waals surface area contributed by atoms with Gasteiger partial charge in [-0.25, -0.2) is 4.79 Å². The molecule has 14 heavy (non-hydrogen) atoms. The molecule has 0 saturated carbocycles. The van der Waals surface area contributed by atoms with Crippen molar-refractivity contribution in [2.75, 3.05) is 26.7 Å². The zero-order valence-electron chi connectivity index (χ0n) is 8.81. The lowest BCUT2D eigenvalue weighted by molar-refractivity contribution is 0.195. The van der Waals surface area contributed by atoms with E-state index in [1.165, 1.54) is 6.42 Å². The number of hydrogen-bond acceptors (Lipinski definition) is 2. The molecule has 2 rings (SSSR count). The topological polar surface area (TPSA) is 44.4 Å². The van der Waals surface area contributed by atoms with Crippen LogP contribution in [0.25, 0.3) is 0 Å². The van der Waals surface area contributed by atoms with Gasteiger partial charge in [-0.15, -0.1) is 0 Å². The van der Waals surface area contributed by atoms with Crippen molar-refractivity contribution >= 4 is 6.03 Å². The summed E-state index contributed by atoms with van der Waals surface area (Å²) in [5.41, 5.74) is 0.0904. The number of nitrogens with zero attached hydrogens (tertiary/aromatic N) is 1. The fourth-order valence-corrected chi connectivity index (χ4v) is 2.47. The summed E-state index contributed by atoms with van der Waals surface area (Å²) < 4.78 is 0. The van der Waals surface area contributed by atoms with Crippen molar-refractivity contribution in [3.63, 3.8) is 0 Å². The van der Waals surface area contributed by atoms with Crippen molar-refractivity contribution in [1.29, 1.82) is 0 Å². The highest BCUT2D eigenvalue weighted by Gasteiger charge is 2.35. The van der Waals surface area contributed by atoms with Gasteiger partial charge in [-0.1, -0.05) is 0 Å². The van der Waals surface area contributed by atoms with Crippen LogP contribution >= 0.6 is 0 Å². The molecule has 2 heterocycles. The van der Waals surface area contributed by atoms with Crippen LogP contribution in [0.4, 0.5) is 4.79 Å². The Hall–Kier alpha value is -0.770. The second-order valence-electron chi connectivity index (χ2n) is 4.57. The molecular formula is C10H19N3O. The van der Waals surface area contributed by atoms with E-state index in [9.17, 15) is 4.79 Å². The number of likely N-dealkylation sites (tertiary alicyclic amines) is 1. The molecule has 80 valence electrons. The smallest absolute Gasteiger partial charge is 0.315 e. The van der Waals surface area contributed by atoms with E-state index in [-0.39, 0.29) is 11.6 Å². The van der Waals surface area contributed by atoms with E-state index in [0.717, 1.165) is 38.9 Å². The van der Waals surface area contributed by atoms with E-state index < -0.39 is 0 Å². The Bertz CT molecular complexity index is 231. The fourth-order valence-electron chi connectivity index (χ4n) is 2.47. The number of carbonyl (C=O) groups excluding carboxylic acids is 1. The maximum Gasteiger partial charge on any atom is 0.315 e. The lowest BCUT2D eigenvalue weighted by atomic mass is 9.86. The number of urea groups is 1. The number of hydrogen-bond donors (Lipinski definition) is 2. The molecule has 1 spiro atoms. The minimum Gasteiger partial charge on any atom is -0.338 e. The zero-order chi connectivity index (χ0) is 10.0. The molecular weight excluding hydrogens is 178 g/mol. The summed E-state index contributed by atoms with van der Waals surface area (Å²) in [5, 5.41) is 5.94. The maximum atomic E-state index is 11.3. The Morgan fingerprint density at radius 1 is 1.29 bits per heavy atom. The molecule has 2 N–H and O–H groups in total. The summed E-state index contributed by atoms with van der Waals surface area (Å²) in [5.74, 6) is 0. The highest BCUT2D eigenvalue weighted by atomic mass is 16.2. The Balaban J connectivity index is 2.02. The molecule has 2 aliphatic heterocycles. The average molecular weight is 197 g/mol. The predicted octanol–water partition coefficient (Wildman–Crippen LogP) is 0.544. The van der Waals surface area contributed by atoms with Gasteiger partial charge in [-0.2, -0.15) is 0 Å². The van der Waals surface area contributed by atoms with E-state index >= 15 is 0 Å². The summed E-state index contributed by atoms with van der Waals surface area (Å²) in [6.07, 6.45) is 4.49. The third kappa shape index (κ3) is 2.00. The number of nitrogens with one attached hydrogen (secondary N) is 2. The molecule has 2 amide bonds. The third-order valence-electron chi connectivity index (χ3n) is 3.44. The normalized spacial score (nSPS) is 34.8. The number of rotatable bonds is 0. The molecule has 0 aliphatic carbocycles. The molecule has 0 bridgehead atoms. The molecule has 2 saturated heterocycles.